The highest BCUT2D eigenvalue weighted by molar-refractivity contribution is 5.60. The van der Waals surface area contributed by atoms with Gasteiger partial charge in [-0.05, 0) is 12.1 Å². The van der Waals surface area contributed by atoms with Gasteiger partial charge in [0, 0.05) is 31.5 Å². The maximum Gasteiger partial charge on any atom is 0.0953 e. The Bertz CT molecular complexity index is 419. The predicted molar refractivity (Wildman–Crippen MR) is 54.3 cm³/mol. The van der Waals surface area contributed by atoms with Crippen LogP contribution in [0.15, 0.2) is 30.9 Å². The fourth-order valence-electron chi connectivity index (χ4n) is 1.44. The molecule has 0 amide bonds. The molecule has 0 spiro atoms. The molecule has 0 atom stereocenters. The van der Waals surface area contributed by atoms with Crippen LogP contribution in [0.5, 0.6) is 0 Å². The lowest BCUT2D eigenvalue weighted by atomic mass is 10.2. The normalized spacial score (nSPS) is 10.4. The Hall–Kier alpha value is -1.68. The summed E-state index contributed by atoms with van der Waals surface area (Å²) < 4.78 is 1.93. The fraction of sp³-hybridized carbons (Fsp3) is 0.200. The Morgan fingerprint density at radius 2 is 2.36 bits per heavy atom. The number of nitrogens with two attached hydrogens (primary N) is 1. The largest absolute Gasteiger partial charge is 0.336 e. The highest BCUT2D eigenvalue weighted by Crippen LogP contribution is 2.19. The minimum atomic E-state index is 0.487. The standard InChI is InChI=1S/C10H12N4/c1-14-7-13-10(9(14)5-11)8-3-2-4-12-6-8/h2-4,6-7H,5,11H2,1H3. The minimum Gasteiger partial charge on any atom is -0.336 e. The van der Waals surface area contributed by atoms with Crippen LogP contribution in [0.2, 0.25) is 0 Å². The summed E-state index contributed by atoms with van der Waals surface area (Å²) in [4.78, 5) is 8.36. The molecular formula is C10H12N4. The number of nitrogens with zero attached hydrogens (tertiary/aromatic N) is 3. The van der Waals surface area contributed by atoms with Gasteiger partial charge in [-0.25, -0.2) is 4.98 Å². The summed E-state index contributed by atoms with van der Waals surface area (Å²) in [5.41, 5.74) is 8.61. The van der Waals surface area contributed by atoms with E-state index >= 15 is 0 Å². The minimum absolute atomic E-state index is 0.487. The third-order valence-electron chi connectivity index (χ3n) is 2.19. The van der Waals surface area contributed by atoms with Crippen LogP contribution in [0.1, 0.15) is 5.69 Å². The Morgan fingerprint density at radius 1 is 1.50 bits per heavy atom. The molecule has 0 fully saturated rings. The third-order valence-corrected chi connectivity index (χ3v) is 2.19. The van der Waals surface area contributed by atoms with Crippen LogP contribution in [0.3, 0.4) is 0 Å². The van der Waals surface area contributed by atoms with Crippen molar-refractivity contribution in [3.63, 3.8) is 0 Å². The zero-order chi connectivity index (χ0) is 9.97. The fourth-order valence-corrected chi connectivity index (χ4v) is 1.44. The molecule has 4 nitrogen and oxygen atoms in total. The molecule has 72 valence electrons. The highest BCUT2D eigenvalue weighted by Gasteiger charge is 2.08. The van der Waals surface area contributed by atoms with Crippen molar-refractivity contribution in [3.8, 4) is 11.3 Å². The van der Waals surface area contributed by atoms with Gasteiger partial charge in [-0.15, -0.1) is 0 Å². The summed E-state index contributed by atoms with van der Waals surface area (Å²) in [7, 11) is 1.94. The van der Waals surface area contributed by atoms with E-state index < -0.39 is 0 Å². The number of pyridine rings is 1. The quantitative estimate of drug-likeness (QED) is 0.763. The van der Waals surface area contributed by atoms with Gasteiger partial charge in [0.05, 0.1) is 17.7 Å². The van der Waals surface area contributed by atoms with Gasteiger partial charge >= 0.3 is 0 Å². The van der Waals surface area contributed by atoms with Crippen molar-refractivity contribution in [3.05, 3.63) is 36.5 Å². The second-order valence-electron chi connectivity index (χ2n) is 3.10. The van der Waals surface area contributed by atoms with E-state index in [9.17, 15) is 0 Å². The average Bonchev–Trinajstić information content (AvgIpc) is 2.61. The van der Waals surface area contributed by atoms with Gasteiger partial charge in [0.15, 0.2) is 0 Å². The van der Waals surface area contributed by atoms with Gasteiger partial charge in [0.1, 0.15) is 0 Å². The van der Waals surface area contributed by atoms with Crippen LogP contribution in [0, 0.1) is 0 Å². The third kappa shape index (κ3) is 1.40. The van der Waals surface area contributed by atoms with E-state index in [0.29, 0.717) is 6.54 Å². The lowest BCUT2D eigenvalue weighted by Crippen LogP contribution is -2.04. The van der Waals surface area contributed by atoms with Crippen molar-refractivity contribution in [2.75, 3.05) is 0 Å². The Labute approximate surface area is 82.4 Å². The number of hydrogen-bond acceptors (Lipinski definition) is 3. The summed E-state index contributed by atoms with van der Waals surface area (Å²) in [6.45, 7) is 0.487. The summed E-state index contributed by atoms with van der Waals surface area (Å²) in [5.74, 6) is 0. The zero-order valence-corrected chi connectivity index (χ0v) is 8.01. The number of aryl methyl sites for hydroxylation is 1. The molecule has 0 saturated carbocycles. The second kappa shape index (κ2) is 3.59. The van der Waals surface area contributed by atoms with Crippen LogP contribution in [-0.2, 0) is 13.6 Å². The van der Waals surface area contributed by atoms with E-state index in [1.807, 2.05) is 23.7 Å². The Balaban J connectivity index is 2.52. The first-order valence-electron chi connectivity index (χ1n) is 4.43. The van der Waals surface area contributed by atoms with E-state index in [-0.39, 0.29) is 0 Å². The molecule has 4 heteroatoms. The monoisotopic (exact) mass is 188 g/mol. The SMILES string of the molecule is Cn1cnc(-c2cccnc2)c1CN. The maximum atomic E-state index is 5.65. The van der Waals surface area contributed by atoms with Crippen molar-refractivity contribution < 1.29 is 0 Å². The van der Waals surface area contributed by atoms with Crippen LogP contribution in [-0.4, -0.2) is 14.5 Å². The van der Waals surface area contributed by atoms with Gasteiger partial charge in [-0.1, -0.05) is 0 Å². The molecule has 0 aliphatic carbocycles. The van der Waals surface area contributed by atoms with Gasteiger partial charge in [-0.2, -0.15) is 0 Å². The van der Waals surface area contributed by atoms with Crippen LogP contribution in [0.25, 0.3) is 11.3 Å². The molecule has 2 rings (SSSR count). The van der Waals surface area contributed by atoms with Gasteiger partial charge in [-0.3, -0.25) is 4.98 Å². The van der Waals surface area contributed by atoms with Crippen LogP contribution < -0.4 is 5.73 Å². The summed E-state index contributed by atoms with van der Waals surface area (Å²) in [6.07, 6.45) is 5.31. The average molecular weight is 188 g/mol. The predicted octanol–water partition coefficient (Wildman–Crippen LogP) is 0.941. The Kier molecular flexibility index (Phi) is 2.28. The zero-order valence-electron chi connectivity index (χ0n) is 8.01. The van der Waals surface area contributed by atoms with Gasteiger partial charge in [0.2, 0.25) is 0 Å². The smallest absolute Gasteiger partial charge is 0.0953 e. The first kappa shape index (κ1) is 8.90. The van der Waals surface area contributed by atoms with E-state index in [4.69, 9.17) is 5.73 Å². The second-order valence-corrected chi connectivity index (χ2v) is 3.10. The molecule has 0 radical (unpaired) electrons. The molecule has 0 aromatic carbocycles. The van der Waals surface area contributed by atoms with E-state index in [1.165, 1.54) is 0 Å². The van der Waals surface area contributed by atoms with Crippen molar-refractivity contribution >= 4 is 0 Å². The van der Waals surface area contributed by atoms with Crippen molar-refractivity contribution in [2.45, 2.75) is 6.54 Å². The van der Waals surface area contributed by atoms with Crippen molar-refractivity contribution in [1.82, 2.24) is 14.5 Å². The van der Waals surface area contributed by atoms with Gasteiger partial charge in [0.25, 0.3) is 0 Å². The lowest BCUT2D eigenvalue weighted by molar-refractivity contribution is 0.821. The maximum absolute atomic E-state index is 5.65. The molecule has 0 unspecified atom stereocenters. The number of hydrogen-bond donors (Lipinski definition) is 1. The van der Waals surface area contributed by atoms with Crippen LogP contribution >= 0.6 is 0 Å². The number of rotatable bonds is 2. The molecule has 0 saturated heterocycles. The molecule has 0 aliphatic heterocycles. The molecule has 0 aliphatic rings. The molecule has 0 bridgehead atoms. The lowest BCUT2D eigenvalue weighted by Gasteiger charge is -2.02. The summed E-state index contributed by atoms with van der Waals surface area (Å²) in [5, 5.41) is 0. The molecule has 14 heavy (non-hydrogen) atoms. The topological polar surface area (TPSA) is 56.7 Å². The molecule has 2 heterocycles. The number of aromatic nitrogens is 3. The van der Waals surface area contributed by atoms with Crippen molar-refractivity contribution in [1.29, 1.82) is 0 Å². The molecule has 2 N–H and O–H groups in total. The van der Waals surface area contributed by atoms with E-state index in [2.05, 4.69) is 9.97 Å². The Morgan fingerprint density at radius 3 is 3.00 bits per heavy atom. The van der Waals surface area contributed by atoms with E-state index in [0.717, 1.165) is 17.0 Å². The molecular weight excluding hydrogens is 176 g/mol. The first-order chi connectivity index (χ1) is 6.83. The van der Waals surface area contributed by atoms with Crippen LogP contribution in [0.4, 0.5) is 0 Å². The molecule has 2 aromatic rings. The summed E-state index contributed by atoms with van der Waals surface area (Å²) in [6, 6.07) is 3.87. The molecule has 2 aromatic heterocycles. The number of imidazole rings is 1. The van der Waals surface area contributed by atoms with Crippen molar-refractivity contribution in [2.24, 2.45) is 12.8 Å². The van der Waals surface area contributed by atoms with E-state index in [1.54, 1.807) is 18.7 Å². The first-order valence-corrected chi connectivity index (χ1v) is 4.43. The van der Waals surface area contributed by atoms with Gasteiger partial charge < -0.3 is 10.3 Å². The highest BCUT2D eigenvalue weighted by atomic mass is 15.0. The summed E-state index contributed by atoms with van der Waals surface area (Å²) >= 11 is 0.